The molecule has 0 aromatic rings. The van der Waals surface area contributed by atoms with E-state index in [-0.39, 0.29) is 59.6 Å². The smallest absolute Gasteiger partial charge is 0 e. The Bertz CT molecular complexity index is 8.00. The molecule has 0 bridgehead atoms. The van der Waals surface area contributed by atoms with Crippen molar-refractivity contribution in [1.29, 1.82) is 0 Å². The summed E-state index contributed by atoms with van der Waals surface area (Å²) in [5, 5.41) is 0. The van der Waals surface area contributed by atoms with E-state index in [0.29, 0.717) is 0 Å². The van der Waals surface area contributed by atoms with Gasteiger partial charge in [-0.2, -0.15) is 0 Å². The quantitative estimate of drug-likeness (QED) is 0.451. The SMILES string of the molecule is [B].[Cu].[Fe].[Mn]. The molecule has 0 nitrogen and oxygen atoms in total. The molecule has 0 heterocycles. The standard InChI is InChI=1S/B.Cu.Fe.Mn. The largest absolute Gasteiger partial charge is 0 e. The van der Waals surface area contributed by atoms with E-state index in [0.717, 1.165) is 0 Å². The van der Waals surface area contributed by atoms with Crippen LogP contribution >= 0.6 is 0 Å². The molecule has 0 spiro atoms. The zero-order chi connectivity index (χ0) is 0. The topological polar surface area (TPSA) is 0 Å². The molecule has 5 radical (unpaired) electrons. The first-order valence-corrected chi connectivity index (χ1v) is 0. The average Bonchev–Trinajstić information content (AvgIpc) is 0. The molecule has 4 heavy (non-hydrogen) atoms. The van der Waals surface area contributed by atoms with Gasteiger partial charge < -0.3 is 0 Å². The van der Waals surface area contributed by atoms with Gasteiger partial charge in [0.05, 0.1) is 0 Å². The summed E-state index contributed by atoms with van der Waals surface area (Å²) in [5.41, 5.74) is 0. The second-order valence-corrected chi connectivity index (χ2v) is 0. The van der Waals surface area contributed by atoms with Crippen LogP contribution in [-0.2, 0) is 51.2 Å². The third-order valence-electron chi connectivity index (χ3n) is 0. The minimum atomic E-state index is 0. The molecule has 0 aliphatic carbocycles. The molecule has 0 saturated heterocycles. The summed E-state index contributed by atoms with van der Waals surface area (Å²) in [6.07, 6.45) is 0. The monoisotopic (exact) mass is 185 g/mol. The summed E-state index contributed by atoms with van der Waals surface area (Å²) in [6, 6.07) is 0. The van der Waals surface area contributed by atoms with Crippen molar-refractivity contribution < 1.29 is 51.2 Å². The maximum atomic E-state index is 0. The van der Waals surface area contributed by atoms with E-state index in [2.05, 4.69) is 0 Å². The fraction of sp³-hybridized carbons (Fsp3) is 0. The van der Waals surface area contributed by atoms with E-state index < -0.39 is 0 Å². The van der Waals surface area contributed by atoms with Gasteiger partial charge >= 0.3 is 0 Å². The summed E-state index contributed by atoms with van der Waals surface area (Å²) in [5.74, 6) is 0. The molecule has 0 aliphatic heterocycles. The van der Waals surface area contributed by atoms with Crippen LogP contribution in [0.5, 0.6) is 0 Å². The molecule has 29 valence electrons. The number of hydrogen-bond donors (Lipinski definition) is 0. The zero-order valence-electron chi connectivity index (χ0n) is 1.61. The molecule has 0 atom stereocenters. The summed E-state index contributed by atoms with van der Waals surface area (Å²) in [6.45, 7) is 0. The summed E-state index contributed by atoms with van der Waals surface area (Å²) >= 11 is 0. The van der Waals surface area contributed by atoms with E-state index in [1.54, 1.807) is 0 Å². The van der Waals surface area contributed by atoms with Crippen LogP contribution in [0, 0.1) is 0 Å². The van der Waals surface area contributed by atoms with Crippen molar-refractivity contribution in [3.63, 3.8) is 0 Å². The van der Waals surface area contributed by atoms with Crippen LogP contribution in [0.4, 0.5) is 0 Å². The molecule has 0 aromatic carbocycles. The van der Waals surface area contributed by atoms with Gasteiger partial charge in [0.15, 0.2) is 0 Å². The minimum Gasteiger partial charge on any atom is 0 e. The van der Waals surface area contributed by atoms with Crippen LogP contribution in [0.1, 0.15) is 0 Å². The summed E-state index contributed by atoms with van der Waals surface area (Å²) in [7, 11) is 0. The molecule has 0 amide bonds. The van der Waals surface area contributed by atoms with E-state index in [1.807, 2.05) is 0 Å². The van der Waals surface area contributed by atoms with Crippen molar-refractivity contribution in [2.24, 2.45) is 0 Å². The second kappa shape index (κ2) is 23.0. The molecule has 0 aliphatic rings. The Hall–Kier alpha value is 1.62. The Morgan fingerprint density at radius 1 is 1.00 bits per heavy atom. The molecule has 4 heteroatoms. The predicted octanol–water partition coefficient (Wildman–Crippen LogP) is -0.388. The van der Waals surface area contributed by atoms with Gasteiger partial charge in [-0.3, -0.25) is 0 Å². The maximum Gasteiger partial charge on any atom is 0 e. The number of rotatable bonds is 0. The van der Waals surface area contributed by atoms with Gasteiger partial charge in [-0.25, -0.2) is 0 Å². The van der Waals surface area contributed by atoms with Gasteiger partial charge in [0.1, 0.15) is 0 Å². The Morgan fingerprint density at radius 3 is 1.00 bits per heavy atom. The molecule has 0 aromatic heterocycles. The van der Waals surface area contributed by atoms with Crippen molar-refractivity contribution >= 4 is 8.41 Å². The van der Waals surface area contributed by atoms with Gasteiger partial charge in [0.2, 0.25) is 0 Å². The first-order valence-electron chi connectivity index (χ1n) is 0. The van der Waals surface area contributed by atoms with Crippen LogP contribution in [0.2, 0.25) is 0 Å². The maximum absolute atomic E-state index is 0. The summed E-state index contributed by atoms with van der Waals surface area (Å²) in [4.78, 5) is 0. The van der Waals surface area contributed by atoms with Crippen LogP contribution in [0.25, 0.3) is 0 Å². The van der Waals surface area contributed by atoms with Crippen molar-refractivity contribution in [3.8, 4) is 0 Å². The molecular weight excluding hydrogens is 185 g/mol. The van der Waals surface area contributed by atoms with Gasteiger partial charge in [0, 0.05) is 59.6 Å². The van der Waals surface area contributed by atoms with Gasteiger partial charge in [-0.05, 0) is 0 Å². The van der Waals surface area contributed by atoms with Gasteiger partial charge in [0.25, 0.3) is 0 Å². The van der Waals surface area contributed by atoms with Gasteiger partial charge in [-0.1, -0.05) is 0 Å². The predicted molar refractivity (Wildman–Crippen MR) is 5.75 cm³/mol. The average molecular weight is 185 g/mol. The normalized spacial score (nSPS) is 0. The fourth-order valence-corrected chi connectivity index (χ4v) is 0. The second-order valence-electron chi connectivity index (χ2n) is 0. The van der Waals surface area contributed by atoms with E-state index in [4.69, 9.17) is 0 Å². The minimum absolute atomic E-state index is 0. The third-order valence-corrected chi connectivity index (χ3v) is 0. The van der Waals surface area contributed by atoms with Crippen molar-refractivity contribution in [3.05, 3.63) is 0 Å². The van der Waals surface area contributed by atoms with Gasteiger partial charge in [-0.15, -0.1) is 0 Å². The van der Waals surface area contributed by atoms with E-state index in [9.17, 15) is 0 Å². The Kier molecular flexibility index (Phi) is 263. The molecular formula is BCuFeMn. The van der Waals surface area contributed by atoms with Crippen LogP contribution in [0.3, 0.4) is 0 Å². The first kappa shape index (κ1) is 45.6. The van der Waals surface area contributed by atoms with E-state index in [1.165, 1.54) is 0 Å². The fourth-order valence-electron chi connectivity index (χ4n) is 0. The molecule has 0 fully saturated rings. The van der Waals surface area contributed by atoms with Crippen molar-refractivity contribution in [2.75, 3.05) is 0 Å². The molecule has 0 N–H and O–H groups in total. The Balaban J connectivity index is 0. The summed E-state index contributed by atoms with van der Waals surface area (Å²) < 4.78 is 0. The number of hydrogen-bond acceptors (Lipinski definition) is 0. The first-order chi connectivity index (χ1) is 0. The van der Waals surface area contributed by atoms with Crippen LogP contribution in [-0.4, -0.2) is 8.41 Å². The van der Waals surface area contributed by atoms with E-state index >= 15 is 0 Å². The zero-order valence-corrected chi connectivity index (χ0v) is 4.84. The molecule has 0 saturated carbocycles. The van der Waals surface area contributed by atoms with Crippen LogP contribution < -0.4 is 0 Å². The third kappa shape index (κ3) is 9.46. The van der Waals surface area contributed by atoms with Crippen molar-refractivity contribution in [1.82, 2.24) is 0 Å². The Labute approximate surface area is 59.5 Å². The Morgan fingerprint density at radius 2 is 1.00 bits per heavy atom. The van der Waals surface area contributed by atoms with Crippen molar-refractivity contribution in [2.45, 2.75) is 0 Å². The molecule has 0 unspecified atom stereocenters. The van der Waals surface area contributed by atoms with Crippen LogP contribution in [0.15, 0.2) is 0 Å². The molecule has 0 rings (SSSR count).